The van der Waals surface area contributed by atoms with E-state index in [1.54, 1.807) is 12.1 Å². The third kappa shape index (κ3) is 3.57. The minimum Gasteiger partial charge on any atom is -0.378 e. The van der Waals surface area contributed by atoms with E-state index in [2.05, 4.69) is 40.2 Å². The van der Waals surface area contributed by atoms with Gasteiger partial charge in [-0.1, -0.05) is 28.4 Å². The number of fused-ring (bicyclic) bond motifs is 1. The molecule has 29 heavy (non-hydrogen) atoms. The standard InChI is InChI=1S/C22H19ClN4O2/c1-14-2-7-19-16(12-14)13-18(21(24-19)27-8-10-28-11-9-27)20-25-22(29-26-20)15-3-5-17(23)6-4-15/h2-7,12-13H,8-11H2,1H3. The van der Waals surface area contributed by atoms with Crippen LogP contribution in [0.25, 0.3) is 33.7 Å². The van der Waals surface area contributed by atoms with Crippen molar-refractivity contribution in [1.29, 1.82) is 0 Å². The Hall–Kier alpha value is -2.96. The molecule has 0 aliphatic carbocycles. The number of hydrogen-bond acceptors (Lipinski definition) is 6. The van der Waals surface area contributed by atoms with Gasteiger partial charge < -0.3 is 14.2 Å². The summed E-state index contributed by atoms with van der Waals surface area (Å²) < 4.78 is 11.1. The second-order valence-electron chi connectivity index (χ2n) is 7.09. The molecule has 1 saturated heterocycles. The summed E-state index contributed by atoms with van der Waals surface area (Å²) in [5, 5.41) is 5.97. The van der Waals surface area contributed by atoms with Gasteiger partial charge in [0.05, 0.1) is 24.3 Å². The summed E-state index contributed by atoms with van der Waals surface area (Å²) in [4.78, 5) is 11.8. The van der Waals surface area contributed by atoms with Crippen LogP contribution in [0.5, 0.6) is 0 Å². The van der Waals surface area contributed by atoms with Crippen molar-refractivity contribution in [3.8, 4) is 22.8 Å². The zero-order valence-electron chi connectivity index (χ0n) is 15.9. The molecule has 0 spiro atoms. The average Bonchev–Trinajstić information content (AvgIpc) is 3.24. The molecule has 0 saturated carbocycles. The van der Waals surface area contributed by atoms with E-state index in [9.17, 15) is 0 Å². The first-order chi connectivity index (χ1) is 14.2. The van der Waals surface area contributed by atoms with Crippen LogP contribution in [0.2, 0.25) is 5.02 Å². The molecule has 0 N–H and O–H groups in total. The summed E-state index contributed by atoms with van der Waals surface area (Å²) in [6.45, 7) is 4.98. The molecule has 7 heteroatoms. The van der Waals surface area contributed by atoms with Crippen molar-refractivity contribution in [3.63, 3.8) is 0 Å². The van der Waals surface area contributed by atoms with Crippen molar-refractivity contribution in [1.82, 2.24) is 15.1 Å². The largest absolute Gasteiger partial charge is 0.378 e. The van der Waals surface area contributed by atoms with Crippen molar-refractivity contribution in [2.75, 3.05) is 31.2 Å². The number of nitrogens with zero attached hydrogens (tertiary/aromatic N) is 4. The van der Waals surface area contributed by atoms with Gasteiger partial charge >= 0.3 is 0 Å². The van der Waals surface area contributed by atoms with Crippen molar-refractivity contribution >= 4 is 28.3 Å². The predicted octanol–water partition coefficient (Wildman–Crippen LogP) is 4.75. The Morgan fingerprint density at radius 1 is 0.966 bits per heavy atom. The lowest BCUT2D eigenvalue weighted by molar-refractivity contribution is 0.122. The molecule has 1 fully saturated rings. The fraction of sp³-hybridized carbons (Fsp3) is 0.227. The van der Waals surface area contributed by atoms with Gasteiger partial charge in [0.25, 0.3) is 5.89 Å². The molecule has 0 unspecified atom stereocenters. The molecule has 3 heterocycles. The van der Waals surface area contributed by atoms with Gasteiger partial charge in [-0.15, -0.1) is 0 Å². The lowest BCUT2D eigenvalue weighted by atomic mass is 10.1. The maximum absolute atomic E-state index is 5.98. The number of aryl methyl sites for hydroxylation is 1. The lowest BCUT2D eigenvalue weighted by Gasteiger charge is -2.29. The quantitative estimate of drug-likeness (QED) is 0.489. The molecule has 0 radical (unpaired) electrons. The van der Waals surface area contributed by atoms with Crippen LogP contribution in [0.1, 0.15) is 5.56 Å². The van der Waals surface area contributed by atoms with Crippen molar-refractivity contribution in [2.24, 2.45) is 0 Å². The van der Waals surface area contributed by atoms with Crippen LogP contribution >= 0.6 is 11.6 Å². The molecule has 1 aliphatic rings. The molecule has 0 bridgehead atoms. The maximum atomic E-state index is 5.98. The fourth-order valence-electron chi connectivity index (χ4n) is 3.51. The second kappa shape index (κ2) is 7.46. The minimum atomic E-state index is 0.453. The average molecular weight is 407 g/mol. The molecule has 5 rings (SSSR count). The molecular formula is C22H19ClN4O2. The number of benzene rings is 2. The Balaban J connectivity index is 1.63. The van der Waals surface area contributed by atoms with Gasteiger partial charge in [-0.05, 0) is 49.4 Å². The van der Waals surface area contributed by atoms with E-state index in [0.717, 1.165) is 40.9 Å². The first-order valence-electron chi connectivity index (χ1n) is 9.51. The van der Waals surface area contributed by atoms with E-state index >= 15 is 0 Å². The predicted molar refractivity (Wildman–Crippen MR) is 113 cm³/mol. The molecular weight excluding hydrogens is 388 g/mol. The van der Waals surface area contributed by atoms with E-state index in [0.29, 0.717) is 30.0 Å². The van der Waals surface area contributed by atoms with Crippen molar-refractivity contribution in [2.45, 2.75) is 6.92 Å². The molecule has 146 valence electrons. The van der Waals surface area contributed by atoms with Crippen molar-refractivity contribution in [3.05, 3.63) is 59.1 Å². The SMILES string of the molecule is Cc1ccc2nc(N3CCOCC3)c(-c3noc(-c4ccc(Cl)cc4)n3)cc2c1. The highest BCUT2D eigenvalue weighted by Gasteiger charge is 2.22. The molecule has 2 aromatic heterocycles. The Morgan fingerprint density at radius 2 is 1.76 bits per heavy atom. The summed E-state index contributed by atoms with van der Waals surface area (Å²) in [6.07, 6.45) is 0. The number of ether oxygens (including phenoxy) is 1. The van der Waals surface area contributed by atoms with Gasteiger partial charge in [-0.25, -0.2) is 4.98 Å². The minimum absolute atomic E-state index is 0.453. The van der Waals surface area contributed by atoms with Gasteiger partial charge in [0, 0.05) is 29.1 Å². The summed E-state index contributed by atoms with van der Waals surface area (Å²) in [6, 6.07) is 15.7. The molecule has 0 amide bonds. The maximum Gasteiger partial charge on any atom is 0.258 e. The number of hydrogen-bond donors (Lipinski definition) is 0. The second-order valence-corrected chi connectivity index (χ2v) is 7.52. The van der Waals surface area contributed by atoms with E-state index in [-0.39, 0.29) is 0 Å². The summed E-state index contributed by atoms with van der Waals surface area (Å²) in [7, 11) is 0. The first kappa shape index (κ1) is 18.1. The van der Waals surface area contributed by atoms with Gasteiger partial charge in [0.1, 0.15) is 5.82 Å². The smallest absolute Gasteiger partial charge is 0.258 e. The zero-order valence-corrected chi connectivity index (χ0v) is 16.7. The first-order valence-corrected chi connectivity index (χ1v) is 9.89. The summed E-state index contributed by atoms with van der Waals surface area (Å²) in [5.74, 6) is 1.83. The van der Waals surface area contributed by atoms with Crippen molar-refractivity contribution < 1.29 is 9.26 Å². The van der Waals surface area contributed by atoms with Crippen LogP contribution in [-0.2, 0) is 4.74 Å². The zero-order chi connectivity index (χ0) is 19.8. The van der Waals surface area contributed by atoms with Crippen LogP contribution in [0.4, 0.5) is 5.82 Å². The van der Waals surface area contributed by atoms with Gasteiger partial charge in [-0.2, -0.15) is 4.98 Å². The number of halogens is 1. The number of rotatable bonds is 3. The summed E-state index contributed by atoms with van der Waals surface area (Å²) in [5.41, 5.74) is 3.81. The molecule has 4 aromatic rings. The van der Waals surface area contributed by atoms with Gasteiger partial charge in [-0.3, -0.25) is 0 Å². The monoisotopic (exact) mass is 406 g/mol. The molecule has 1 aliphatic heterocycles. The Morgan fingerprint density at radius 3 is 2.55 bits per heavy atom. The highest BCUT2D eigenvalue weighted by molar-refractivity contribution is 6.30. The van der Waals surface area contributed by atoms with E-state index in [4.69, 9.17) is 25.8 Å². The third-order valence-corrected chi connectivity index (χ3v) is 5.27. The molecule has 6 nitrogen and oxygen atoms in total. The number of aromatic nitrogens is 3. The Labute approximate surface area is 173 Å². The highest BCUT2D eigenvalue weighted by Crippen LogP contribution is 2.33. The van der Waals surface area contributed by atoms with Crippen LogP contribution < -0.4 is 4.90 Å². The van der Waals surface area contributed by atoms with Crippen LogP contribution in [0, 0.1) is 6.92 Å². The van der Waals surface area contributed by atoms with Crippen LogP contribution in [0.15, 0.2) is 53.1 Å². The van der Waals surface area contributed by atoms with Gasteiger partial charge in [0.2, 0.25) is 5.82 Å². The lowest BCUT2D eigenvalue weighted by Crippen LogP contribution is -2.37. The van der Waals surface area contributed by atoms with Gasteiger partial charge in [0.15, 0.2) is 0 Å². The third-order valence-electron chi connectivity index (χ3n) is 5.02. The summed E-state index contributed by atoms with van der Waals surface area (Å²) >= 11 is 5.98. The van der Waals surface area contributed by atoms with E-state index < -0.39 is 0 Å². The Kier molecular flexibility index (Phi) is 4.66. The number of pyridine rings is 1. The Bertz CT molecular complexity index is 1170. The van der Waals surface area contributed by atoms with Crippen LogP contribution in [0.3, 0.4) is 0 Å². The molecule has 2 aromatic carbocycles. The fourth-order valence-corrected chi connectivity index (χ4v) is 3.64. The molecule has 0 atom stereocenters. The highest BCUT2D eigenvalue weighted by atomic mass is 35.5. The number of morpholine rings is 1. The topological polar surface area (TPSA) is 64.3 Å². The number of anilines is 1. The van der Waals surface area contributed by atoms with Crippen LogP contribution in [-0.4, -0.2) is 41.4 Å². The van der Waals surface area contributed by atoms with E-state index in [1.807, 2.05) is 18.2 Å². The normalized spacial score (nSPS) is 14.5. The van der Waals surface area contributed by atoms with E-state index in [1.165, 1.54) is 5.56 Å².